The van der Waals surface area contributed by atoms with Crippen LogP contribution >= 0.6 is 0 Å². The summed E-state index contributed by atoms with van der Waals surface area (Å²) in [5.41, 5.74) is 0.844. The molecule has 2 unspecified atom stereocenters. The van der Waals surface area contributed by atoms with Crippen molar-refractivity contribution in [1.29, 1.82) is 0 Å². The predicted octanol–water partition coefficient (Wildman–Crippen LogP) is 1.84. The molecule has 21 heavy (non-hydrogen) atoms. The molecule has 1 aromatic carbocycles. The zero-order valence-electron chi connectivity index (χ0n) is 11.7. The molecular weight excluding hydrogens is 271 g/mol. The molecule has 2 atom stereocenters. The first-order chi connectivity index (χ1) is 10.1. The molecule has 1 aromatic heterocycles. The Morgan fingerprint density at radius 2 is 1.90 bits per heavy atom. The van der Waals surface area contributed by atoms with E-state index in [4.69, 9.17) is 0 Å². The average Bonchev–Trinajstić information content (AvgIpc) is 2.84. The van der Waals surface area contributed by atoms with E-state index in [1.54, 1.807) is 29.8 Å². The number of aromatic nitrogens is 1. The number of β-amino-alcohol motifs (C(OH)–C–C–N with tert-alkyl or cyclic N) is 1. The van der Waals surface area contributed by atoms with Gasteiger partial charge >= 0.3 is 0 Å². The first-order valence-corrected chi connectivity index (χ1v) is 6.92. The van der Waals surface area contributed by atoms with E-state index in [0.717, 1.165) is 11.4 Å². The van der Waals surface area contributed by atoms with E-state index in [0.29, 0.717) is 13.0 Å². The fourth-order valence-electron chi connectivity index (χ4n) is 2.91. The first kappa shape index (κ1) is 13.8. The van der Waals surface area contributed by atoms with E-state index in [2.05, 4.69) is 0 Å². The fraction of sp³-hybridized carbons (Fsp3) is 0.312. The van der Waals surface area contributed by atoms with E-state index < -0.39 is 6.10 Å². The van der Waals surface area contributed by atoms with Crippen molar-refractivity contribution >= 4 is 5.82 Å². The second-order valence-electron chi connectivity index (χ2n) is 5.39. The van der Waals surface area contributed by atoms with E-state index in [-0.39, 0.29) is 17.4 Å². The monoisotopic (exact) mass is 288 g/mol. The fourth-order valence-corrected chi connectivity index (χ4v) is 2.91. The van der Waals surface area contributed by atoms with Crippen LogP contribution in [0.4, 0.5) is 10.2 Å². The summed E-state index contributed by atoms with van der Waals surface area (Å²) < 4.78 is 14.6. The molecule has 2 aromatic rings. The Balaban J connectivity index is 2.01. The van der Waals surface area contributed by atoms with Crippen LogP contribution < -0.4 is 10.5 Å². The van der Waals surface area contributed by atoms with Crippen molar-refractivity contribution in [2.24, 2.45) is 7.05 Å². The largest absolute Gasteiger partial charge is 0.391 e. The average molecular weight is 288 g/mol. The summed E-state index contributed by atoms with van der Waals surface area (Å²) >= 11 is 0. The van der Waals surface area contributed by atoms with Crippen molar-refractivity contribution in [1.82, 2.24) is 4.57 Å². The lowest BCUT2D eigenvalue weighted by atomic mass is 10.0. The highest BCUT2D eigenvalue weighted by Gasteiger charge is 2.33. The third kappa shape index (κ3) is 2.56. The molecule has 2 heterocycles. The molecule has 0 aliphatic carbocycles. The van der Waals surface area contributed by atoms with Crippen LogP contribution in [0.25, 0.3) is 0 Å². The molecule has 1 aliphatic rings. The lowest BCUT2D eigenvalue weighted by Gasteiger charge is -2.28. The van der Waals surface area contributed by atoms with Gasteiger partial charge in [0.15, 0.2) is 0 Å². The number of aliphatic hydroxyl groups is 1. The maximum atomic E-state index is 13.1. The van der Waals surface area contributed by atoms with Gasteiger partial charge in [0.1, 0.15) is 11.6 Å². The zero-order chi connectivity index (χ0) is 15.0. The molecule has 110 valence electrons. The van der Waals surface area contributed by atoms with Crippen LogP contribution in [0.1, 0.15) is 18.0 Å². The van der Waals surface area contributed by atoms with Crippen molar-refractivity contribution < 1.29 is 9.50 Å². The third-order valence-corrected chi connectivity index (χ3v) is 3.99. The zero-order valence-corrected chi connectivity index (χ0v) is 11.7. The second kappa shape index (κ2) is 5.33. The van der Waals surface area contributed by atoms with E-state index in [1.807, 2.05) is 11.0 Å². The molecule has 1 aliphatic heterocycles. The van der Waals surface area contributed by atoms with Gasteiger partial charge < -0.3 is 10.0 Å². The van der Waals surface area contributed by atoms with Crippen LogP contribution in [0.5, 0.6) is 0 Å². The molecule has 5 heteroatoms. The van der Waals surface area contributed by atoms with Gasteiger partial charge in [-0.25, -0.2) is 4.39 Å². The second-order valence-corrected chi connectivity index (χ2v) is 5.39. The van der Waals surface area contributed by atoms with Crippen LogP contribution in [0, 0.1) is 5.82 Å². The lowest BCUT2D eigenvalue weighted by Crippen LogP contribution is -2.30. The Bertz CT molecular complexity index is 696. The highest BCUT2D eigenvalue weighted by Crippen LogP contribution is 2.35. The number of aliphatic hydroxyl groups excluding tert-OH is 1. The molecule has 0 amide bonds. The Morgan fingerprint density at radius 3 is 2.62 bits per heavy atom. The van der Waals surface area contributed by atoms with Crippen LogP contribution in [0.15, 0.2) is 47.3 Å². The minimum absolute atomic E-state index is 0.0615. The molecule has 1 fully saturated rings. The summed E-state index contributed by atoms with van der Waals surface area (Å²) in [6.45, 7) is 0.458. The van der Waals surface area contributed by atoms with Crippen LogP contribution in [-0.2, 0) is 7.05 Å². The van der Waals surface area contributed by atoms with Crippen molar-refractivity contribution in [2.75, 3.05) is 11.4 Å². The first-order valence-electron chi connectivity index (χ1n) is 6.92. The molecular formula is C16H17FN2O2. The number of halogens is 1. The molecule has 1 saturated heterocycles. The third-order valence-electron chi connectivity index (χ3n) is 3.99. The maximum Gasteiger partial charge on any atom is 0.251 e. The summed E-state index contributed by atoms with van der Waals surface area (Å²) in [6, 6.07) is 11.3. The molecule has 1 N–H and O–H groups in total. The van der Waals surface area contributed by atoms with Crippen molar-refractivity contribution in [2.45, 2.75) is 18.6 Å². The maximum absolute atomic E-state index is 13.1. The van der Waals surface area contributed by atoms with E-state index in [9.17, 15) is 14.3 Å². The summed E-state index contributed by atoms with van der Waals surface area (Å²) in [5, 5.41) is 10.0. The van der Waals surface area contributed by atoms with Gasteiger partial charge in [0.25, 0.3) is 5.56 Å². The van der Waals surface area contributed by atoms with Crippen LogP contribution in [0.2, 0.25) is 0 Å². The quantitative estimate of drug-likeness (QED) is 0.917. The minimum atomic E-state index is -0.463. The van der Waals surface area contributed by atoms with Crippen molar-refractivity contribution in [3.63, 3.8) is 0 Å². The van der Waals surface area contributed by atoms with Crippen molar-refractivity contribution in [3.05, 3.63) is 64.2 Å². The number of benzene rings is 1. The van der Waals surface area contributed by atoms with E-state index >= 15 is 0 Å². The number of pyridine rings is 1. The standard InChI is InChI=1S/C16H17FN2O2/c1-18-15(3-2-4-16(18)21)19-10-13(20)9-14(19)11-5-7-12(17)8-6-11/h2-8,13-14,20H,9-10H2,1H3. The highest BCUT2D eigenvalue weighted by atomic mass is 19.1. The number of nitrogens with zero attached hydrogens (tertiary/aromatic N) is 2. The predicted molar refractivity (Wildman–Crippen MR) is 78.8 cm³/mol. The van der Waals surface area contributed by atoms with Crippen molar-refractivity contribution in [3.8, 4) is 0 Å². The van der Waals surface area contributed by atoms with Crippen LogP contribution in [0.3, 0.4) is 0 Å². The van der Waals surface area contributed by atoms with Gasteiger partial charge in [-0.05, 0) is 30.2 Å². The van der Waals surface area contributed by atoms with Gasteiger partial charge in [-0.1, -0.05) is 18.2 Å². The topological polar surface area (TPSA) is 45.5 Å². The SMILES string of the molecule is Cn1c(N2CC(O)CC2c2ccc(F)cc2)cccc1=O. The van der Waals surface area contributed by atoms with Gasteiger partial charge in [-0.2, -0.15) is 0 Å². The Hall–Kier alpha value is -2.14. The summed E-state index contributed by atoms with van der Waals surface area (Å²) in [4.78, 5) is 13.8. The van der Waals surface area contributed by atoms with Crippen LogP contribution in [-0.4, -0.2) is 22.3 Å². The Kier molecular flexibility index (Phi) is 3.51. The van der Waals surface area contributed by atoms with Gasteiger partial charge in [0.05, 0.1) is 12.1 Å². The Morgan fingerprint density at radius 1 is 1.19 bits per heavy atom. The molecule has 3 rings (SSSR count). The number of rotatable bonds is 2. The van der Waals surface area contributed by atoms with Gasteiger partial charge in [-0.3, -0.25) is 9.36 Å². The Labute approximate surface area is 122 Å². The highest BCUT2D eigenvalue weighted by molar-refractivity contribution is 5.45. The van der Waals surface area contributed by atoms with Gasteiger partial charge in [0, 0.05) is 19.7 Å². The summed E-state index contributed by atoms with van der Waals surface area (Å²) in [5.74, 6) is 0.476. The molecule has 0 bridgehead atoms. The molecule has 4 nitrogen and oxygen atoms in total. The smallest absolute Gasteiger partial charge is 0.251 e. The van der Waals surface area contributed by atoms with Gasteiger partial charge in [-0.15, -0.1) is 0 Å². The number of hydrogen-bond donors (Lipinski definition) is 1. The molecule has 0 saturated carbocycles. The minimum Gasteiger partial charge on any atom is -0.391 e. The lowest BCUT2D eigenvalue weighted by molar-refractivity contribution is 0.194. The molecule has 0 radical (unpaired) electrons. The summed E-state index contributed by atoms with van der Waals surface area (Å²) in [7, 11) is 1.71. The molecule has 0 spiro atoms. The van der Waals surface area contributed by atoms with Gasteiger partial charge in [0.2, 0.25) is 0 Å². The van der Waals surface area contributed by atoms with E-state index in [1.165, 1.54) is 18.2 Å². The number of hydrogen-bond acceptors (Lipinski definition) is 3. The normalized spacial score (nSPS) is 21.8. The number of anilines is 1. The summed E-state index contributed by atoms with van der Waals surface area (Å²) in [6.07, 6.45) is 0.102.